The van der Waals surface area contributed by atoms with Gasteiger partial charge in [-0.05, 0) is 48.6 Å². The van der Waals surface area contributed by atoms with E-state index in [4.69, 9.17) is 38.0 Å². The number of carbonyl (C=O) groups excluding carboxylic acids is 1. The van der Waals surface area contributed by atoms with Crippen LogP contribution in [-0.4, -0.2) is 52.3 Å². The number of rotatable bonds is 6. The number of amides is 1. The Bertz CT molecular complexity index is 1250. The molecule has 0 radical (unpaired) electrons. The molecule has 1 aliphatic rings. The van der Waals surface area contributed by atoms with Gasteiger partial charge in [0.1, 0.15) is 11.5 Å². The summed E-state index contributed by atoms with van der Waals surface area (Å²) in [5, 5.41) is 10.6. The number of pyridine rings is 1. The number of aliphatic carboxylic acids is 1. The number of carboxylic acids is 1. The second-order valence-corrected chi connectivity index (χ2v) is 8.11. The Labute approximate surface area is 205 Å². The van der Waals surface area contributed by atoms with Gasteiger partial charge in [-0.2, -0.15) is 0 Å². The fourth-order valence-corrected chi connectivity index (χ4v) is 4.46. The molecule has 2 aromatic carbocycles. The minimum absolute atomic E-state index is 0.0992. The lowest BCUT2D eigenvalue weighted by Gasteiger charge is -2.33. The van der Waals surface area contributed by atoms with E-state index in [0.717, 1.165) is 4.90 Å². The lowest BCUT2D eigenvalue weighted by Crippen LogP contribution is -2.51. The molecule has 1 saturated heterocycles. The van der Waals surface area contributed by atoms with Crippen molar-refractivity contribution in [2.45, 2.75) is 11.6 Å². The lowest BCUT2D eigenvalue weighted by molar-refractivity contribution is -0.144. The minimum atomic E-state index is -1.65. The van der Waals surface area contributed by atoms with E-state index < -0.39 is 23.5 Å². The van der Waals surface area contributed by atoms with E-state index in [1.807, 2.05) is 0 Å². The van der Waals surface area contributed by atoms with E-state index >= 15 is 0 Å². The molecule has 2 unspecified atom stereocenters. The predicted octanol–water partition coefficient (Wildman–Crippen LogP) is 3.91. The van der Waals surface area contributed by atoms with Gasteiger partial charge in [0.15, 0.2) is 11.6 Å². The van der Waals surface area contributed by atoms with Crippen molar-refractivity contribution in [3.8, 4) is 11.5 Å². The largest absolute Gasteiger partial charge is 0.497 e. The molecule has 34 heavy (non-hydrogen) atoms. The van der Waals surface area contributed by atoms with Crippen LogP contribution in [0.5, 0.6) is 11.5 Å². The highest BCUT2D eigenvalue weighted by atomic mass is 35.5. The molecule has 4 rings (SSSR count). The first kappa shape index (κ1) is 23.5. The van der Waals surface area contributed by atoms with Gasteiger partial charge in [-0.1, -0.05) is 23.7 Å². The molecular weight excluding hydrogens is 480 g/mol. The summed E-state index contributed by atoms with van der Waals surface area (Å²) >= 11 is 11.5. The van der Waals surface area contributed by atoms with Crippen molar-refractivity contribution >= 4 is 40.9 Å². The monoisotopic (exact) mass is 498 g/mol. The molecule has 0 spiro atoms. The maximum absolute atomic E-state index is 13.7. The van der Waals surface area contributed by atoms with Crippen LogP contribution in [0.25, 0.3) is 0 Å². The minimum Gasteiger partial charge on any atom is -0.497 e. The zero-order chi connectivity index (χ0) is 24.5. The Kier molecular flexibility index (Phi) is 6.41. The summed E-state index contributed by atoms with van der Waals surface area (Å²) in [7, 11) is 2.88. The van der Waals surface area contributed by atoms with Gasteiger partial charge in [0.25, 0.3) is 11.1 Å². The fourth-order valence-electron chi connectivity index (χ4n) is 4.02. The van der Waals surface area contributed by atoms with E-state index in [2.05, 4.69) is 4.98 Å². The summed E-state index contributed by atoms with van der Waals surface area (Å²) in [6, 6.07) is 12.8. The first-order chi connectivity index (χ1) is 16.3. The zero-order valence-corrected chi connectivity index (χ0v) is 19.7. The van der Waals surface area contributed by atoms with E-state index in [1.165, 1.54) is 38.7 Å². The molecule has 3 aromatic rings. The highest BCUT2D eigenvalue weighted by Crippen LogP contribution is 2.46. The molecule has 2 atom stereocenters. The van der Waals surface area contributed by atoms with E-state index in [9.17, 15) is 14.7 Å². The summed E-state index contributed by atoms with van der Waals surface area (Å²) in [4.78, 5) is 31.4. The number of benzene rings is 2. The molecule has 10 heteroatoms. The highest BCUT2D eigenvalue weighted by Gasteiger charge is 2.60. The van der Waals surface area contributed by atoms with Gasteiger partial charge in [-0.15, -0.1) is 0 Å². The predicted molar refractivity (Wildman–Crippen MR) is 127 cm³/mol. The van der Waals surface area contributed by atoms with Gasteiger partial charge in [-0.25, -0.2) is 9.69 Å². The van der Waals surface area contributed by atoms with Crippen LogP contribution in [0.4, 0.5) is 0 Å². The number of carbonyl (C=O) groups is 2. The van der Waals surface area contributed by atoms with Crippen molar-refractivity contribution in [3.05, 3.63) is 88.7 Å². The summed E-state index contributed by atoms with van der Waals surface area (Å²) in [6.07, 6.45) is 3.02. The Morgan fingerprint density at radius 3 is 2.29 bits per heavy atom. The van der Waals surface area contributed by atoms with Crippen molar-refractivity contribution in [3.63, 3.8) is 0 Å². The van der Waals surface area contributed by atoms with Crippen LogP contribution >= 0.6 is 23.8 Å². The number of nitrogens with zero attached hydrogens (tertiary/aromatic N) is 2. The number of halogens is 1. The maximum atomic E-state index is 13.7. The summed E-state index contributed by atoms with van der Waals surface area (Å²) in [6.45, 7) is 0. The molecule has 8 nitrogen and oxygen atoms in total. The highest BCUT2D eigenvalue weighted by molar-refractivity contribution is 7.80. The molecule has 1 aliphatic heterocycles. The second-order valence-electron chi connectivity index (χ2n) is 7.33. The Morgan fingerprint density at radius 1 is 1.06 bits per heavy atom. The van der Waals surface area contributed by atoms with E-state index in [0.29, 0.717) is 21.9 Å². The topological polar surface area (TPSA) is 98.2 Å². The first-order valence-corrected chi connectivity index (χ1v) is 10.8. The van der Waals surface area contributed by atoms with Gasteiger partial charge in [0, 0.05) is 34.6 Å². The molecular formula is C24H19ClN2O6S. The number of hydrogen-bond donors (Lipinski definition) is 1. The number of ether oxygens (including phenoxy) is 3. The van der Waals surface area contributed by atoms with Gasteiger partial charge < -0.3 is 19.3 Å². The Morgan fingerprint density at radius 2 is 1.71 bits per heavy atom. The fraction of sp³-hybridized carbons (Fsp3) is 0.167. The third-order valence-electron chi connectivity index (χ3n) is 5.56. The number of thiocarbonyl (C=S) groups is 1. The SMILES string of the molecule is COc1ccc(C(=O)N2C(=S)OC(c3ccncc3)(c3ccc(Cl)cc3)C2C(=O)O)c(OC)c1. The van der Waals surface area contributed by atoms with Gasteiger partial charge in [0.2, 0.25) is 0 Å². The van der Waals surface area contributed by atoms with Crippen LogP contribution in [0.15, 0.2) is 67.0 Å². The lowest BCUT2D eigenvalue weighted by atomic mass is 9.80. The normalized spacial score (nSPS) is 19.4. The number of aromatic nitrogens is 1. The van der Waals surface area contributed by atoms with Gasteiger partial charge >= 0.3 is 5.97 Å². The summed E-state index contributed by atoms with van der Waals surface area (Å²) < 4.78 is 16.7. The third-order valence-corrected chi connectivity index (χ3v) is 6.09. The second kappa shape index (κ2) is 9.28. The van der Waals surface area contributed by atoms with Crippen molar-refractivity contribution in [1.29, 1.82) is 0 Å². The number of hydrogen-bond acceptors (Lipinski definition) is 7. The Balaban J connectivity index is 1.91. The van der Waals surface area contributed by atoms with Crippen LogP contribution in [0.3, 0.4) is 0 Å². The van der Waals surface area contributed by atoms with Crippen LogP contribution in [0.2, 0.25) is 5.02 Å². The van der Waals surface area contributed by atoms with E-state index in [-0.39, 0.29) is 16.5 Å². The molecule has 2 heterocycles. The smallest absolute Gasteiger partial charge is 0.331 e. The van der Waals surface area contributed by atoms with Crippen molar-refractivity contribution in [2.24, 2.45) is 0 Å². The number of methoxy groups -OCH3 is 2. The molecule has 174 valence electrons. The molecule has 0 saturated carbocycles. The van der Waals surface area contributed by atoms with Crippen LogP contribution < -0.4 is 9.47 Å². The quantitative estimate of drug-likeness (QED) is 0.511. The molecule has 1 amide bonds. The molecule has 0 aliphatic carbocycles. The molecule has 1 fully saturated rings. The average Bonchev–Trinajstić information content (AvgIpc) is 3.18. The van der Waals surface area contributed by atoms with Crippen molar-refractivity contribution in [1.82, 2.24) is 9.88 Å². The summed E-state index contributed by atoms with van der Waals surface area (Å²) in [5.41, 5.74) is -0.639. The summed E-state index contributed by atoms with van der Waals surface area (Å²) in [5.74, 6) is -1.34. The Hall–Kier alpha value is -3.69. The standard InChI is InChI=1S/C24H19ClN2O6S/c1-31-17-7-8-18(19(13-17)32-2)21(28)27-20(22(29)30)24(33-23(27)34,15-9-11-26-12-10-15)14-3-5-16(25)6-4-14/h3-13,20H,1-2H3,(H,29,30). The van der Waals surface area contributed by atoms with Crippen LogP contribution in [-0.2, 0) is 15.1 Å². The molecule has 0 bridgehead atoms. The van der Waals surface area contributed by atoms with E-state index in [1.54, 1.807) is 42.5 Å². The van der Waals surface area contributed by atoms with Gasteiger partial charge in [-0.3, -0.25) is 9.78 Å². The molecule has 1 N–H and O–H groups in total. The first-order valence-electron chi connectivity index (χ1n) is 10.0. The average molecular weight is 499 g/mol. The van der Waals surface area contributed by atoms with Crippen molar-refractivity contribution < 1.29 is 28.9 Å². The van der Waals surface area contributed by atoms with Gasteiger partial charge in [0.05, 0.1) is 19.8 Å². The maximum Gasteiger partial charge on any atom is 0.331 e. The van der Waals surface area contributed by atoms with Crippen LogP contribution in [0.1, 0.15) is 21.5 Å². The van der Waals surface area contributed by atoms with Crippen LogP contribution in [0, 0.1) is 0 Å². The molecule has 1 aromatic heterocycles. The zero-order valence-electron chi connectivity index (χ0n) is 18.1. The number of carboxylic acid groups (broad SMARTS) is 1. The van der Waals surface area contributed by atoms with Crippen molar-refractivity contribution in [2.75, 3.05) is 14.2 Å². The third kappa shape index (κ3) is 3.82.